The number of rotatable bonds is 6. The van der Waals surface area contributed by atoms with Crippen LogP contribution in [0.3, 0.4) is 0 Å². The fraction of sp³-hybridized carbons (Fsp3) is 0.176. The minimum absolute atomic E-state index is 0.0470. The highest BCUT2D eigenvalue weighted by molar-refractivity contribution is 9.11. The number of methoxy groups -OCH3 is 1. The number of para-hydroxylation sites is 1. The van der Waals surface area contributed by atoms with Crippen LogP contribution in [0.4, 0.5) is 0 Å². The van der Waals surface area contributed by atoms with Crippen LogP contribution in [0.1, 0.15) is 11.1 Å². The van der Waals surface area contributed by atoms with E-state index in [2.05, 4.69) is 42.4 Å². The Hall–Kier alpha value is -2.06. The van der Waals surface area contributed by atoms with Gasteiger partial charge in [-0.1, -0.05) is 18.2 Å². The molecule has 0 aliphatic heterocycles. The highest BCUT2D eigenvalue weighted by Crippen LogP contribution is 2.41. The first-order valence-electron chi connectivity index (χ1n) is 7.19. The fourth-order valence-electron chi connectivity index (χ4n) is 1.96. The first kappa shape index (κ1) is 19.3. The van der Waals surface area contributed by atoms with E-state index in [0.29, 0.717) is 26.0 Å². The largest absolute Gasteiger partial charge is 0.506 e. The van der Waals surface area contributed by atoms with E-state index in [1.807, 2.05) is 25.1 Å². The molecule has 2 aromatic rings. The van der Waals surface area contributed by atoms with Gasteiger partial charge >= 0.3 is 0 Å². The van der Waals surface area contributed by atoms with Gasteiger partial charge in [-0.25, -0.2) is 5.43 Å². The van der Waals surface area contributed by atoms with Gasteiger partial charge in [0.1, 0.15) is 16.0 Å². The molecule has 0 saturated carbocycles. The topological polar surface area (TPSA) is 80.2 Å². The smallest absolute Gasteiger partial charge is 0.277 e. The van der Waals surface area contributed by atoms with Gasteiger partial charge in [0, 0.05) is 5.56 Å². The zero-order valence-corrected chi connectivity index (χ0v) is 16.7. The molecule has 0 spiro atoms. The zero-order valence-electron chi connectivity index (χ0n) is 13.5. The Bertz CT molecular complexity index is 809. The summed E-state index contributed by atoms with van der Waals surface area (Å²) in [5, 5.41) is 13.9. The number of carbonyl (C=O) groups excluding carboxylic acids is 1. The van der Waals surface area contributed by atoms with Crippen LogP contribution in [0.15, 0.2) is 44.4 Å². The number of benzene rings is 2. The second-order valence-electron chi connectivity index (χ2n) is 4.99. The highest BCUT2D eigenvalue weighted by Gasteiger charge is 2.14. The van der Waals surface area contributed by atoms with Gasteiger partial charge < -0.3 is 14.6 Å². The van der Waals surface area contributed by atoms with E-state index in [-0.39, 0.29) is 12.4 Å². The first-order chi connectivity index (χ1) is 11.9. The summed E-state index contributed by atoms with van der Waals surface area (Å²) in [5.74, 6) is 0.646. The van der Waals surface area contributed by atoms with Gasteiger partial charge in [0.25, 0.3) is 5.91 Å². The number of phenols is 1. The van der Waals surface area contributed by atoms with Gasteiger partial charge in [-0.15, -0.1) is 0 Å². The molecule has 132 valence electrons. The maximum Gasteiger partial charge on any atom is 0.277 e. The third-order valence-corrected chi connectivity index (χ3v) is 4.55. The molecule has 0 radical (unpaired) electrons. The average Bonchev–Trinajstić information content (AvgIpc) is 2.59. The van der Waals surface area contributed by atoms with Crippen molar-refractivity contribution in [2.75, 3.05) is 13.7 Å². The Kier molecular flexibility index (Phi) is 6.83. The molecule has 2 N–H and O–H groups in total. The van der Waals surface area contributed by atoms with E-state index in [1.54, 1.807) is 12.1 Å². The van der Waals surface area contributed by atoms with Gasteiger partial charge in [0.05, 0.1) is 17.8 Å². The van der Waals surface area contributed by atoms with Gasteiger partial charge in [-0.2, -0.15) is 5.10 Å². The lowest BCUT2D eigenvalue weighted by atomic mass is 10.2. The van der Waals surface area contributed by atoms with Gasteiger partial charge in [-0.05, 0) is 56.5 Å². The first-order valence-corrected chi connectivity index (χ1v) is 8.78. The second-order valence-corrected chi connectivity index (χ2v) is 6.64. The number of hydrazone groups is 1. The molecule has 0 atom stereocenters. The fourth-order valence-corrected chi connectivity index (χ4v) is 3.44. The Balaban J connectivity index is 1.97. The summed E-state index contributed by atoms with van der Waals surface area (Å²) >= 11 is 6.58. The van der Waals surface area contributed by atoms with Crippen molar-refractivity contribution in [2.45, 2.75) is 6.92 Å². The van der Waals surface area contributed by atoms with Crippen LogP contribution in [-0.2, 0) is 4.79 Å². The second kappa shape index (κ2) is 8.87. The molecule has 2 aromatic carbocycles. The van der Waals surface area contributed by atoms with Crippen molar-refractivity contribution in [3.8, 4) is 17.2 Å². The number of phenolic OH excluding ortho intramolecular Hbond substituents is 1. The van der Waals surface area contributed by atoms with E-state index in [1.165, 1.54) is 13.3 Å². The molecule has 1 amide bonds. The van der Waals surface area contributed by atoms with Crippen molar-refractivity contribution in [1.29, 1.82) is 0 Å². The number of aryl methyl sites for hydroxylation is 1. The minimum Gasteiger partial charge on any atom is -0.506 e. The quantitative estimate of drug-likeness (QED) is 0.496. The normalized spacial score (nSPS) is 10.7. The van der Waals surface area contributed by atoms with Crippen molar-refractivity contribution in [1.82, 2.24) is 5.43 Å². The summed E-state index contributed by atoms with van der Waals surface area (Å²) in [6, 6.07) is 9.03. The summed E-state index contributed by atoms with van der Waals surface area (Å²) in [6.07, 6.45) is 1.33. The highest BCUT2D eigenvalue weighted by atomic mass is 79.9. The molecule has 0 bridgehead atoms. The number of halogens is 2. The molecule has 6 nitrogen and oxygen atoms in total. The van der Waals surface area contributed by atoms with E-state index < -0.39 is 5.91 Å². The van der Waals surface area contributed by atoms with Crippen LogP contribution in [0.2, 0.25) is 0 Å². The molecular formula is C17H16Br2N2O4. The molecule has 0 aromatic heterocycles. The summed E-state index contributed by atoms with van der Waals surface area (Å²) in [4.78, 5) is 11.8. The molecule has 0 fully saturated rings. The summed E-state index contributed by atoms with van der Waals surface area (Å²) in [6.45, 7) is 1.73. The zero-order chi connectivity index (χ0) is 18.4. The van der Waals surface area contributed by atoms with E-state index in [0.717, 1.165) is 5.56 Å². The minimum atomic E-state index is -0.411. The molecule has 25 heavy (non-hydrogen) atoms. The number of nitrogens with one attached hydrogen (secondary N) is 1. The predicted octanol–water partition coefficient (Wildman–Crippen LogP) is 3.76. The van der Waals surface area contributed by atoms with Crippen LogP contribution < -0.4 is 14.9 Å². The molecule has 0 aliphatic carbocycles. The third-order valence-electron chi connectivity index (χ3n) is 3.23. The number of aromatic hydroxyl groups is 1. The SMILES string of the molecule is COc1c(Br)cc(/C=N/NC(=O)COc2ccccc2C)c(O)c1Br. The van der Waals surface area contributed by atoms with Crippen LogP contribution in [0, 0.1) is 6.92 Å². The van der Waals surface area contributed by atoms with Crippen molar-refractivity contribution < 1.29 is 19.4 Å². The molecule has 2 rings (SSSR count). The number of carbonyl (C=O) groups is 1. The van der Waals surface area contributed by atoms with E-state index in [4.69, 9.17) is 9.47 Å². The standard InChI is InChI=1S/C17H16Br2N2O4/c1-10-5-3-4-6-13(10)25-9-14(22)21-20-8-11-7-12(18)17(24-2)15(19)16(11)23/h3-8,23H,9H2,1-2H3,(H,21,22)/b20-8+. The molecule has 8 heteroatoms. The predicted molar refractivity (Wildman–Crippen MR) is 102 cm³/mol. The number of ether oxygens (including phenoxy) is 2. The Morgan fingerprint density at radius 3 is 2.76 bits per heavy atom. The van der Waals surface area contributed by atoms with Crippen LogP contribution >= 0.6 is 31.9 Å². The molecule has 0 aliphatic rings. The molecule has 0 saturated heterocycles. The maximum atomic E-state index is 11.8. The summed E-state index contributed by atoms with van der Waals surface area (Å²) in [7, 11) is 1.49. The van der Waals surface area contributed by atoms with Crippen molar-refractivity contribution in [3.63, 3.8) is 0 Å². The maximum absolute atomic E-state index is 11.8. The van der Waals surface area contributed by atoms with E-state index in [9.17, 15) is 9.90 Å². The Morgan fingerprint density at radius 1 is 1.36 bits per heavy atom. The van der Waals surface area contributed by atoms with Crippen molar-refractivity contribution >= 4 is 44.0 Å². The number of amides is 1. The lowest BCUT2D eigenvalue weighted by Crippen LogP contribution is -2.24. The Labute approximate surface area is 162 Å². The third kappa shape index (κ3) is 4.96. The summed E-state index contributed by atoms with van der Waals surface area (Å²) < 4.78 is 11.6. The average molecular weight is 472 g/mol. The number of hydrogen-bond acceptors (Lipinski definition) is 5. The monoisotopic (exact) mass is 470 g/mol. The van der Waals surface area contributed by atoms with Crippen LogP contribution in [-0.4, -0.2) is 30.9 Å². The van der Waals surface area contributed by atoms with Gasteiger partial charge in [0.2, 0.25) is 0 Å². The lowest BCUT2D eigenvalue weighted by molar-refractivity contribution is -0.123. The van der Waals surface area contributed by atoms with E-state index >= 15 is 0 Å². The van der Waals surface area contributed by atoms with Crippen molar-refractivity contribution in [3.05, 3.63) is 50.4 Å². The molecule has 0 unspecified atom stereocenters. The number of nitrogens with zero attached hydrogens (tertiary/aromatic N) is 1. The lowest BCUT2D eigenvalue weighted by Gasteiger charge is -2.10. The van der Waals surface area contributed by atoms with Crippen LogP contribution in [0.5, 0.6) is 17.2 Å². The van der Waals surface area contributed by atoms with Crippen LogP contribution in [0.25, 0.3) is 0 Å². The molecular weight excluding hydrogens is 456 g/mol. The van der Waals surface area contributed by atoms with Crippen molar-refractivity contribution in [2.24, 2.45) is 5.10 Å². The number of hydrogen-bond donors (Lipinski definition) is 2. The Morgan fingerprint density at radius 2 is 2.08 bits per heavy atom. The van der Waals surface area contributed by atoms with Gasteiger partial charge in [0.15, 0.2) is 12.4 Å². The van der Waals surface area contributed by atoms with Gasteiger partial charge in [-0.3, -0.25) is 4.79 Å². The molecule has 0 heterocycles. The summed E-state index contributed by atoms with van der Waals surface area (Å²) in [5.41, 5.74) is 3.69.